The fraction of sp³-hybridized carbons (Fsp3) is 0.483. The number of carbonyl (C=O) groups is 1. The number of hydrogen-bond acceptors (Lipinski definition) is 7. The van der Waals surface area contributed by atoms with Crippen molar-refractivity contribution in [1.29, 1.82) is 0 Å². The van der Waals surface area contributed by atoms with E-state index in [9.17, 15) is 4.79 Å². The summed E-state index contributed by atoms with van der Waals surface area (Å²) in [5.41, 5.74) is 4.08. The molecule has 2 aromatic carbocycles. The van der Waals surface area contributed by atoms with Gasteiger partial charge in [-0.1, -0.05) is 48.2 Å². The lowest BCUT2D eigenvalue weighted by atomic mass is 9.92. The van der Waals surface area contributed by atoms with Crippen LogP contribution in [0.25, 0.3) is 10.8 Å². The van der Waals surface area contributed by atoms with Gasteiger partial charge >= 0.3 is 6.09 Å². The molecule has 0 aliphatic carbocycles. The molecule has 7 nitrogen and oxygen atoms in total. The first-order chi connectivity index (χ1) is 17.6. The van der Waals surface area contributed by atoms with Gasteiger partial charge in [0.1, 0.15) is 11.4 Å². The van der Waals surface area contributed by atoms with Gasteiger partial charge in [0.2, 0.25) is 0 Å². The lowest BCUT2D eigenvalue weighted by Crippen LogP contribution is -2.55. The van der Waals surface area contributed by atoms with Gasteiger partial charge in [-0.25, -0.2) is 14.8 Å². The van der Waals surface area contributed by atoms with Crippen LogP contribution < -0.4 is 4.90 Å². The normalized spacial score (nSPS) is 20.2. The van der Waals surface area contributed by atoms with E-state index >= 15 is 0 Å². The van der Waals surface area contributed by atoms with Crippen LogP contribution in [0.3, 0.4) is 0 Å². The zero-order valence-corrected chi connectivity index (χ0v) is 23.4. The summed E-state index contributed by atoms with van der Waals surface area (Å²) in [6, 6.07) is 13.0. The van der Waals surface area contributed by atoms with Gasteiger partial charge in [-0.05, 0) is 62.8 Å². The Morgan fingerprint density at radius 1 is 1.14 bits per heavy atom. The summed E-state index contributed by atoms with van der Waals surface area (Å²) in [6.45, 7) is 12.3. The largest absolute Gasteiger partial charge is 0.444 e. The second kappa shape index (κ2) is 10.1. The number of ether oxygens (including phenoxy) is 2. The Morgan fingerprint density at radius 2 is 1.89 bits per heavy atom. The number of benzene rings is 2. The molecule has 2 aliphatic heterocycles. The Balaban J connectivity index is 1.42. The molecule has 2 atom stereocenters. The van der Waals surface area contributed by atoms with E-state index in [1.807, 2.05) is 27.0 Å². The number of hydrogen-bond donors (Lipinski definition) is 0. The molecule has 1 amide bonds. The van der Waals surface area contributed by atoms with Crippen LogP contribution in [0, 0.1) is 6.92 Å². The molecule has 1 saturated heterocycles. The average Bonchev–Trinajstić information content (AvgIpc) is 2.86. The molecule has 3 heterocycles. The number of nitrogens with zero attached hydrogens (tertiary/aromatic N) is 4. The van der Waals surface area contributed by atoms with Gasteiger partial charge in [0.05, 0.1) is 18.4 Å². The van der Waals surface area contributed by atoms with E-state index < -0.39 is 5.60 Å². The third kappa shape index (κ3) is 5.27. The molecule has 37 heavy (non-hydrogen) atoms. The van der Waals surface area contributed by atoms with Crippen molar-refractivity contribution in [3.8, 4) is 0 Å². The maximum absolute atomic E-state index is 12.7. The molecule has 5 rings (SSSR count). The second-order valence-electron chi connectivity index (χ2n) is 11.0. The molecule has 0 radical (unpaired) electrons. The molecule has 3 aromatic rings. The molecule has 1 unspecified atom stereocenters. The van der Waals surface area contributed by atoms with Crippen LogP contribution >= 0.6 is 11.8 Å². The monoisotopic (exact) mass is 520 g/mol. The van der Waals surface area contributed by atoms with Crippen molar-refractivity contribution in [3.05, 3.63) is 58.8 Å². The molecular formula is C29H36N4O3S. The predicted octanol–water partition coefficient (Wildman–Crippen LogP) is 5.92. The number of aromatic nitrogens is 2. The highest BCUT2D eigenvalue weighted by Crippen LogP contribution is 2.38. The number of aryl methyl sites for hydroxylation is 1. The summed E-state index contributed by atoms with van der Waals surface area (Å²) in [4.78, 5) is 26.6. The zero-order chi connectivity index (χ0) is 26.3. The fourth-order valence-corrected chi connectivity index (χ4v) is 5.73. The molecule has 2 aliphatic rings. The number of piperazine rings is 1. The number of amides is 1. The topological polar surface area (TPSA) is 67.8 Å². The van der Waals surface area contributed by atoms with Crippen molar-refractivity contribution in [2.45, 2.75) is 70.5 Å². The molecule has 1 aromatic heterocycles. The number of rotatable bonds is 3. The Kier molecular flexibility index (Phi) is 7.07. The van der Waals surface area contributed by atoms with Crippen LogP contribution in [0.4, 0.5) is 10.6 Å². The lowest BCUT2D eigenvalue weighted by molar-refractivity contribution is 0.0210. The summed E-state index contributed by atoms with van der Waals surface area (Å²) in [5.74, 6) is 0.929. The number of fused-ring (bicyclic) bond motifs is 2. The summed E-state index contributed by atoms with van der Waals surface area (Å²) >= 11 is 1.56. The van der Waals surface area contributed by atoms with Crippen LogP contribution in [0.15, 0.2) is 41.6 Å². The highest BCUT2D eigenvalue weighted by atomic mass is 32.2. The summed E-state index contributed by atoms with van der Waals surface area (Å²) in [7, 11) is 0. The van der Waals surface area contributed by atoms with Crippen LogP contribution in [0.5, 0.6) is 0 Å². The van der Waals surface area contributed by atoms with E-state index in [1.54, 1.807) is 16.7 Å². The third-order valence-electron chi connectivity index (χ3n) is 7.08. The van der Waals surface area contributed by atoms with Gasteiger partial charge in [0.25, 0.3) is 0 Å². The fourth-order valence-electron chi connectivity index (χ4n) is 5.35. The molecule has 8 heteroatoms. The van der Waals surface area contributed by atoms with Gasteiger partial charge in [-0.15, -0.1) is 0 Å². The summed E-state index contributed by atoms with van der Waals surface area (Å²) in [5, 5.41) is 3.27. The minimum atomic E-state index is -0.507. The third-order valence-corrected chi connectivity index (χ3v) is 7.63. The van der Waals surface area contributed by atoms with Crippen LogP contribution in [0.2, 0.25) is 0 Å². The Morgan fingerprint density at radius 3 is 2.59 bits per heavy atom. The van der Waals surface area contributed by atoms with Crippen LogP contribution in [-0.2, 0) is 22.5 Å². The van der Waals surface area contributed by atoms with Crippen molar-refractivity contribution >= 4 is 34.4 Å². The maximum Gasteiger partial charge on any atom is 0.410 e. The molecule has 0 saturated carbocycles. The first-order valence-corrected chi connectivity index (χ1v) is 14.2. The molecule has 196 valence electrons. The predicted molar refractivity (Wildman–Crippen MR) is 148 cm³/mol. The van der Waals surface area contributed by atoms with E-state index in [-0.39, 0.29) is 18.2 Å². The van der Waals surface area contributed by atoms with E-state index in [4.69, 9.17) is 19.4 Å². The summed E-state index contributed by atoms with van der Waals surface area (Å²) < 4.78 is 12.1. The standard InChI is InChI=1S/C29H36N4O3S/c1-18-9-7-10-20-11-8-12-21(25(18)20)24-15-23-22(17-35-24)26(31-27(30-23)37-6)33-14-13-32(16-19(33)2)28(34)36-29(3,4)5/h7-12,19,24H,13-17H2,1-6H3/t19-,24?/m0/s1. The van der Waals surface area contributed by atoms with Crippen LogP contribution in [-0.4, -0.2) is 58.5 Å². The molecule has 0 bridgehead atoms. The van der Waals surface area contributed by atoms with E-state index in [0.717, 1.165) is 22.2 Å². The van der Waals surface area contributed by atoms with Gasteiger partial charge in [0, 0.05) is 37.7 Å². The minimum absolute atomic E-state index is 0.0591. The molecular weight excluding hydrogens is 484 g/mol. The smallest absolute Gasteiger partial charge is 0.410 e. The van der Waals surface area contributed by atoms with Crippen LogP contribution in [0.1, 0.15) is 56.2 Å². The van der Waals surface area contributed by atoms with Gasteiger partial charge in [-0.2, -0.15) is 0 Å². The average molecular weight is 521 g/mol. The first-order valence-electron chi connectivity index (χ1n) is 12.9. The first kappa shape index (κ1) is 25.8. The molecule has 0 N–H and O–H groups in total. The van der Waals surface area contributed by atoms with Crippen molar-refractivity contribution in [2.24, 2.45) is 0 Å². The highest BCUT2D eigenvalue weighted by Gasteiger charge is 2.34. The van der Waals surface area contributed by atoms with Crippen molar-refractivity contribution < 1.29 is 14.3 Å². The van der Waals surface area contributed by atoms with Crippen molar-refractivity contribution in [1.82, 2.24) is 14.9 Å². The Labute approximate surface area is 223 Å². The maximum atomic E-state index is 12.7. The Hall–Kier alpha value is -2.84. The van der Waals surface area contributed by atoms with Gasteiger partial charge < -0.3 is 19.3 Å². The van der Waals surface area contributed by atoms with Gasteiger partial charge in [0.15, 0.2) is 5.16 Å². The number of thioether (sulfide) groups is 1. The van der Waals surface area contributed by atoms with E-state index in [0.29, 0.717) is 32.7 Å². The van der Waals surface area contributed by atoms with E-state index in [2.05, 4.69) is 55.1 Å². The SMILES string of the molecule is CSc1nc2c(c(N3CCN(C(=O)OC(C)(C)C)C[C@@H]3C)n1)COC(c1cccc3cccc(C)c13)C2. The quantitative estimate of drug-likeness (QED) is 0.314. The van der Waals surface area contributed by atoms with Gasteiger partial charge in [-0.3, -0.25) is 0 Å². The second-order valence-corrected chi connectivity index (χ2v) is 11.7. The molecule has 0 spiro atoms. The van der Waals surface area contributed by atoms with Crippen molar-refractivity contribution in [3.63, 3.8) is 0 Å². The highest BCUT2D eigenvalue weighted by molar-refractivity contribution is 7.98. The summed E-state index contributed by atoms with van der Waals surface area (Å²) in [6.07, 6.45) is 2.40. The van der Waals surface area contributed by atoms with E-state index in [1.165, 1.54) is 21.9 Å². The number of anilines is 1. The number of carbonyl (C=O) groups excluding carboxylic acids is 1. The Bertz CT molecular complexity index is 1320. The minimum Gasteiger partial charge on any atom is -0.444 e. The zero-order valence-electron chi connectivity index (χ0n) is 22.6. The molecule has 1 fully saturated rings. The van der Waals surface area contributed by atoms with Crippen molar-refractivity contribution in [2.75, 3.05) is 30.8 Å². The lowest BCUT2D eigenvalue weighted by Gasteiger charge is -2.42.